The Labute approximate surface area is 102 Å². The topological polar surface area (TPSA) is 35.5 Å². The first-order valence-electron chi connectivity index (χ1n) is 3.91. The summed E-state index contributed by atoms with van der Waals surface area (Å²) in [6.45, 7) is 10.5. The van der Waals surface area contributed by atoms with Crippen molar-refractivity contribution in [2.75, 3.05) is 0 Å². The van der Waals surface area contributed by atoms with Crippen molar-refractivity contribution in [3.05, 3.63) is 6.66 Å². The van der Waals surface area contributed by atoms with Crippen molar-refractivity contribution in [3.8, 4) is 0 Å². The summed E-state index contributed by atoms with van der Waals surface area (Å²) in [4.78, 5) is 0. The Kier molecular flexibility index (Phi) is 11.4. The molecule has 0 aromatic heterocycles. The van der Waals surface area contributed by atoms with E-state index in [1.807, 2.05) is 0 Å². The fourth-order valence-electron chi connectivity index (χ4n) is 0.667. The van der Waals surface area contributed by atoms with E-state index in [4.69, 9.17) is 9.05 Å². The van der Waals surface area contributed by atoms with E-state index >= 15 is 0 Å². The van der Waals surface area contributed by atoms with Crippen molar-refractivity contribution in [3.63, 3.8) is 0 Å². The molecule has 0 aromatic carbocycles. The number of halogens is 1. The van der Waals surface area contributed by atoms with Crippen LogP contribution in [0.5, 0.6) is 0 Å². The summed E-state index contributed by atoms with van der Waals surface area (Å²) < 4.78 is 21.2. The van der Waals surface area contributed by atoms with Crippen LogP contribution in [0.2, 0.25) is 0 Å². The number of hydrogen-bond donors (Lipinski definition) is 0. The summed E-state index contributed by atoms with van der Waals surface area (Å²) in [5.41, 5.74) is 0. The molecule has 13 heavy (non-hydrogen) atoms. The Morgan fingerprint density at radius 2 is 1.38 bits per heavy atom. The van der Waals surface area contributed by atoms with E-state index in [1.54, 1.807) is 27.7 Å². The van der Waals surface area contributed by atoms with Gasteiger partial charge in [0.15, 0.2) is 7.60 Å². The second kappa shape index (κ2) is 8.78. The van der Waals surface area contributed by atoms with Crippen LogP contribution in [0.4, 0.5) is 0 Å². The Hall–Kier alpha value is 1.50. The van der Waals surface area contributed by atoms with Crippen LogP contribution in [0.1, 0.15) is 27.7 Å². The third kappa shape index (κ3) is 13.5. The molecule has 0 saturated carbocycles. The molecule has 76 valence electrons. The molecule has 0 rings (SSSR count). The SMILES string of the molecule is [CH2-]P(=O)(OC(C)C)OC(C)C.[Zn+][I]. The fraction of sp³-hybridized carbons (Fsp3) is 0.857. The van der Waals surface area contributed by atoms with Gasteiger partial charge in [0.1, 0.15) is 0 Å². The van der Waals surface area contributed by atoms with Crippen molar-refractivity contribution >= 4 is 27.3 Å². The molecule has 0 N–H and O–H groups in total. The zero-order valence-corrected chi connectivity index (χ0v) is 14.6. The van der Waals surface area contributed by atoms with Gasteiger partial charge >= 0.3 is 34.5 Å². The second-order valence-electron chi connectivity index (χ2n) is 2.92. The number of hydrogen-bond acceptors (Lipinski definition) is 3. The molecule has 0 radical (unpaired) electrons. The van der Waals surface area contributed by atoms with Crippen molar-refractivity contribution in [2.24, 2.45) is 0 Å². The molecule has 0 bridgehead atoms. The maximum absolute atomic E-state index is 11.3. The maximum atomic E-state index is 11.3. The molecule has 0 atom stereocenters. The quantitative estimate of drug-likeness (QED) is 0.327. The van der Waals surface area contributed by atoms with Crippen LogP contribution in [-0.2, 0) is 28.4 Å². The van der Waals surface area contributed by atoms with Crippen LogP contribution < -0.4 is 0 Å². The zero-order chi connectivity index (χ0) is 11.1. The van der Waals surface area contributed by atoms with Crippen LogP contribution in [-0.4, -0.2) is 12.2 Å². The molecule has 0 aliphatic rings. The molecule has 0 aliphatic heterocycles. The van der Waals surface area contributed by atoms with Crippen molar-refractivity contribution in [1.29, 1.82) is 0 Å². The predicted molar refractivity (Wildman–Crippen MR) is 59.4 cm³/mol. The molecular weight excluding hydrogens is 355 g/mol. The van der Waals surface area contributed by atoms with Crippen molar-refractivity contribution in [2.45, 2.75) is 39.9 Å². The minimum atomic E-state index is -3.05. The Bertz CT molecular complexity index is 150. The average molecular weight is 371 g/mol. The van der Waals surface area contributed by atoms with Crippen molar-refractivity contribution < 1.29 is 28.4 Å². The molecule has 0 unspecified atom stereocenters. The van der Waals surface area contributed by atoms with E-state index in [1.165, 1.54) is 14.8 Å². The standard InChI is InChI=1S/C7H16O3P.HI.Zn/c1-6(2)9-11(5,8)10-7(3)4;;/h6-7H,5H2,1-4H3;1H;/q-1;;+2/p-1. The van der Waals surface area contributed by atoms with Crippen LogP contribution in [0.15, 0.2) is 0 Å². The van der Waals surface area contributed by atoms with Gasteiger partial charge in [0.25, 0.3) is 0 Å². The summed E-state index contributed by atoms with van der Waals surface area (Å²) >= 11 is 3.62. The summed E-state index contributed by atoms with van der Waals surface area (Å²) in [7, 11) is -3.05. The van der Waals surface area contributed by atoms with Gasteiger partial charge in [-0.25, -0.2) is 6.66 Å². The first-order valence-corrected chi connectivity index (χ1v) is 14.7. The molecular formula is C7H16IO3PZn. The molecule has 0 aromatic rings. The zero-order valence-electron chi connectivity index (χ0n) is 8.62. The van der Waals surface area contributed by atoms with E-state index in [0.29, 0.717) is 0 Å². The van der Waals surface area contributed by atoms with E-state index in [9.17, 15) is 4.57 Å². The van der Waals surface area contributed by atoms with Crippen LogP contribution >= 0.6 is 27.3 Å². The first kappa shape index (κ1) is 16.9. The second-order valence-corrected chi connectivity index (χ2v) is 4.56. The predicted octanol–water partition coefficient (Wildman–Crippen LogP) is 3.70. The van der Waals surface area contributed by atoms with E-state index in [2.05, 4.69) is 26.4 Å². The first-order chi connectivity index (χ1) is 5.83. The van der Waals surface area contributed by atoms with E-state index in [-0.39, 0.29) is 12.2 Å². The van der Waals surface area contributed by atoms with E-state index in [0.717, 1.165) is 0 Å². The fourth-order valence-corrected chi connectivity index (χ4v) is 2.00. The normalized spacial score (nSPS) is 11.5. The van der Waals surface area contributed by atoms with Gasteiger partial charge in [0.2, 0.25) is 0 Å². The third-order valence-electron chi connectivity index (χ3n) is 0.743. The van der Waals surface area contributed by atoms with Crippen LogP contribution in [0.3, 0.4) is 0 Å². The van der Waals surface area contributed by atoms with Gasteiger partial charge in [0.05, 0.1) is 12.2 Å². The third-order valence-corrected chi connectivity index (χ3v) is 2.23. The molecule has 0 spiro atoms. The van der Waals surface area contributed by atoms with Gasteiger partial charge in [0, 0.05) is 0 Å². The average Bonchev–Trinajstić information content (AvgIpc) is 1.85. The molecule has 0 aliphatic carbocycles. The van der Waals surface area contributed by atoms with E-state index < -0.39 is 7.60 Å². The molecule has 0 amide bonds. The summed E-state index contributed by atoms with van der Waals surface area (Å²) in [5.74, 6) is 0. The van der Waals surface area contributed by atoms with Gasteiger partial charge < -0.3 is 9.05 Å². The summed E-state index contributed by atoms with van der Waals surface area (Å²) in [6, 6.07) is 0. The summed E-state index contributed by atoms with van der Waals surface area (Å²) in [6.07, 6.45) is -0.228. The van der Waals surface area contributed by atoms with Gasteiger partial charge in [-0.1, -0.05) is 0 Å². The van der Waals surface area contributed by atoms with Crippen LogP contribution in [0, 0.1) is 6.66 Å². The van der Waals surface area contributed by atoms with Gasteiger partial charge in [-0.3, -0.25) is 4.57 Å². The Morgan fingerprint density at radius 1 is 1.15 bits per heavy atom. The van der Waals surface area contributed by atoms with Gasteiger partial charge in [-0.05, 0) is 27.7 Å². The molecule has 0 heterocycles. The van der Waals surface area contributed by atoms with Crippen LogP contribution in [0.25, 0.3) is 0 Å². The molecule has 0 saturated heterocycles. The van der Waals surface area contributed by atoms with Gasteiger partial charge in [-0.15, -0.1) is 0 Å². The summed E-state index contributed by atoms with van der Waals surface area (Å²) in [5, 5.41) is 0. The molecule has 6 heteroatoms. The molecule has 3 nitrogen and oxygen atoms in total. The molecule has 0 fully saturated rings. The Morgan fingerprint density at radius 3 is 1.54 bits per heavy atom. The Balaban J connectivity index is 0. The van der Waals surface area contributed by atoms with Gasteiger partial charge in [-0.2, -0.15) is 0 Å². The number of rotatable bonds is 4. The monoisotopic (exact) mass is 370 g/mol. The van der Waals surface area contributed by atoms with Crippen molar-refractivity contribution in [1.82, 2.24) is 0 Å². The minimum absolute atomic E-state index is 0.114.